The number of H-pyrrole nitrogens is 1. The van der Waals surface area contributed by atoms with Crippen LogP contribution in [0.4, 0.5) is 0 Å². The summed E-state index contributed by atoms with van der Waals surface area (Å²) in [6, 6.07) is 1.69. The summed E-state index contributed by atoms with van der Waals surface area (Å²) in [5.41, 5.74) is 0. The van der Waals surface area contributed by atoms with Crippen LogP contribution in [0.1, 0.15) is 17.1 Å². The Kier molecular flexibility index (Phi) is 5.94. The third-order valence-electron chi connectivity index (χ3n) is 2.78. The SMILES string of the molecule is CNCc1cc(S(=O)(=O)NCCCc2ncc[nH]2)c(Br)s1. The highest BCUT2D eigenvalue weighted by Gasteiger charge is 2.20. The van der Waals surface area contributed by atoms with Gasteiger partial charge in [-0.2, -0.15) is 0 Å². The van der Waals surface area contributed by atoms with E-state index >= 15 is 0 Å². The molecule has 0 amide bonds. The van der Waals surface area contributed by atoms with Gasteiger partial charge < -0.3 is 10.3 Å². The molecule has 2 heterocycles. The van der Waals surface area contributed by atoms with Gasteiger partial charge in [0.05, 0.1) is 3.79 Å². The van der Waals surface area contributed by atoms with Gasteiger partial charge in [-0.25, -0.2) is 18.1 Å². The number of halogens is 1. The summed E-state index contributed by atoms with van der Waals surface area (Å²) in [6.45, 7) is 1.03. The van der Waals surface area contributed by atoms with Gasteiger partial charge in [0.1, 0.15) is 10.7 Å². The lowest BCUT2D eigenvalue weighted by atomic mass is 10.3. The van der Waals surface area contributed by atoms with Gasteiger partial charge in [-0.3, -0.25) is 0 Å². The number of sulfonamides is 1. The van der Waals surface area contributed by atoms with E-state index < -0.39 is 10.0 Å². The summed E-state index contributed by atoms with van der Waals surface area (Å²) < 4.78 is 27.8. The zero-order chi connectivity index (χ0) is 15.3. The Bertz CT molecular complexity index is 667. The van der Waals surface area contributed by atoms with Gasteiger partial charge in [0.2, 0.25) is 10.0 Å². The van der Waals surface area contributed by atoms with Gasteiger partial charge >= 0.3 is 0 Å². The number of hydrogen-bond acceptors (Lipinski definition) is 5. The molecule has 0 aliphatic carbocycles. The van der Waals surface area contributed by atoms with E-state index in [0.717, 1.165) is 10.7 Å². The first kappa shape index (κ1) is 16.6. The second-order valence-corrected chi connectivity index (χ2v) is 8.61. The Morgan fingerprint density at radius 2 is 2.29 bits per heavy atom. The lowest BCUT2D eigenvalue weighted by Crippen LogP contribution is -2.25. The zero-order valence-electron chi connectivity index (χ0n) is 11.5. The van der Waals surface area contributed by atoms with Crippen LogP contribution < -0.4 is 10.0 Å². The highest BCUT2D eigenvalue weighted by Crippen LogP contribution is 2.31. The lowest BCUT2D eigenvalue weighted by molar-refractivity contribution is 0.578. The number of imidazole rings is 1. The van der Waals surface area contributed by atoms with Crippen LogP contribution in [-0.2, 0) is 23.0 Å². The largest absolute Gasteiger partial charge is 0.349 e. The van der Waals surface area contributed by atoms with Crippen molar-refractivity contribution in [1.82, 2.24) is 20.0 Å². The maximum Gasteiger partial charge on any atom is 0.242 e. The van der Waals surface area contributed by atoms with E-state index in [1.54, 1.807) is 18.5 Å². The molecule has 0 aliphatic rings. The van der Waals surface area contributed by atoms with E-state index in [0.29, 0.717) is 34.6 Å². The van der Waals surface area contributed by atoms with Gasteiger partial charge in [-0.1, -0.05) is 0 Å². The van der Waals surface area contributed by atoms with Crippen molar-refractivity contribution in [2.45, 2.75) is 24.3 Å². The number of rotatable bonds is 8. The Morgan fingerprint density at radius 3 is 2.95 bits per heavy atom. The van der Waals surface area contributed by atoms with Crippen LogP contribution in [0.25, 0.3) is 0 Å². The predicted octanol–water partition coefficient (Wildman–Crippen LogP) is 1.86. The van der Waals surface area contributed by atoms with E-state index in [4.69, 9.17) is 0 Å². The Labute approximate surface area is 136 Å². The van der Waals surface area contributed by atoms with Crippen LogP contribution in [0, 0.1) is 0 Å². The predicted molar refractivity (Wildman–Crippen MR) is 86.9 cm³/mol. The Hall–Kier alpha value is -0.740. The minimum absolute atomic E-state index is 0.302. The molecule has 0 radical (unpaired) electrons. The third-order valence-corrected chi connectivity index (χ3v) is 6.50. The topological polar surface area (TPSA) is 86.9 Å². The molecule has 2 aromatic rings. The van der Waals surface area contributed by atoms with Crippen molar-refractivity contribution in [2.75, 3.05) is 13.6 Å². The average molecular weight is 393 g/mol. The van der Waals surface area contributed by atoms with Crippen LogP contribution in [0.15, 0.2) is 27.1 Å². The molecule has 0 fully saturated rings. The molecule has 6 nitrogen and oxygen atoms in total. The molecule has 2 aromatic heterocycles. The number of aryl methyl sites for hydroxylation is 1. The maximum atomic E-state index is 12.3. The van der Waals surface area contributed by atoms with Crippen molar-refractivity contribution in [1.29, 1.82) is 0 Å². The molecule has 0 saturated heterocycles. The number of hydrogen-bond donors (Lipinski definition) is 3. The van der Waals surface area contributed by atoms with Crippen molar-refractivity contribution < 1.29 is 8.42 Å². The molecule has 0 aromatic carbocycles. The second kappa shape index (κ2) is 7.50. The molecule has 21 heavy (non-hydrogen) atoms. The second-order valence-electron chi connectivity index (χ2n) is 4.42. The minimum atomic E-state index is -3.47. The molecule has 2 rings (SSSR count). The van der Waals surface area contributed by atoms with Crippen LogP contribution in [0.2, 0.25) is 0 Å². The fourth-order valence-corrected chi connectivity index (χ4v) is 5.58. The molecule has 0 aliphatic heterocycles. The number of aromatic nitrogens is 2. The zero-order valence-corrected chi connectivity index (χ0v) is 14.7. The monoisotopic (exact) mass is 392 g/mol. The molecule has 0 atom stereocenters. The smallest absolute Gasteiger partial charge is 0.242 e. The number of thiophene rings is 1. The third kappa shape index (κ3) is 4.62. The molecular formula is C12H17BrN4O2S2. The maximum absolute atomic E-state index is 12.3. The first-order valence-electron chi connectivity index (χ1n) is 6.43. The summed E-state index contributed by atoms with van der Waals surface area (Å²) in [6.07, 6.45) is 4.85. The normalized spacial score (nSPS) is 11.9. The van der Waals surface area contributed by atoms with Crippen molar-refractivity contribution in [3.8, 4) is 0 Å². The average Bonchev–Trinajstić information content (AvgIpc) is 3.05. The molecule has 9 heteroatoms. The molecule has 0 unspecified atom stereocenters. The standard InChI is InChI=1S/C12H17BrN4O2S2/c1-14-8-9-7-10(12(13)20-9)21(18,19)17-4-2-3-11-15-5-6-16-11/h5-7,14,17H,2-4,8H2,1H3,(H,15,16). The molecular weight excluding hydrogens is 376 g/mol. The van der Waals surface area contributed by atoms with Crippen molar-refractivity contribution >= 4 is 37.3 Å². The Balaban J connectivity index is 1.91. The quantitative estimate of drug-likeness (QED) is 0.598. The number of nitrogens with one attached hydrogen (secondary N) is 3. The summed E-state index contributed by atoms with van der Waals surface area (Å²) in [4.78, 5) is 8.37. The number of aromatic amines is 1. The molecule has 0 saturated carbocycles. The first-order chi connectivity index (χ1) is 10.0. The fourth-order valence-electron chi connectivity index (χ4n) is 1.82. The molecule has 0 spiro atoms. The summed E-state index contributed by atoms with van der Waals surface area (Å²) >= 11 is 4.74. The summed E-state index contributed by atoms with van der Waals surface area (Å²) in [7, 11) is -1.65. The molecule has 116 valence electrons. The molecule has 0 bridgehead atoms. The van der Waals surface area contributed by atoms with E-state index in [1.807, 2.05) is 7.05 Å². The van der Waals surface area contributed by atoms with Gasteiger partial charge in [0, 0.05) is 36.8 Å². The highest BCUT2D eigenvalue weighted by molar-refractivity contribution is 9.11. The summed E-state index contributed by atoms with van der Waals surface area (Å²) in [5, 5.41) is 3.01. The van der Waals surface area contributed by atoms with Gasteiger partial charge in [-0.15, -0.1) is 11.3 Å². The van der Waals surface area contributed by atoms with E-state index in [2.05, 4.69) is 35.9 Å². The summed E-state index contributed by atoms with van der Waals surface area (Å²) in [5.74, 6) is 0.863. The van der Waals surface area contributed by atoms with E-state index in [1.165, 1.54) is 11.3 Å². The van der Waals surface area contributed by atoms with Gasteiger partial charge in [0.15, 0.2) is 0 Å². The van der Waals surface area contributed by atoms with Crippen LogP contribution in [0.3, 0.4) is 0 Å². The first-order valence-corrected chi connectivity index (χ1v) is 9.53. The van der Waals surface area contributed by atoms with Crippen LogP contribution >= 0.6 is 27.3 Å². The fraction of sp³-hybridized carbons (Fsp3) is 0.417. The highest BCUT2D eigenvalue weighted by atomic mass is 79.9. The van der Waals surface area contributed by atoms with Gasteiger partial charge in [-0.05, 0) is 35.5 Å². The Morgan fingerprint density at radius 1 is 1.48 bits per heavy atom. The van der Waals surface area contributed by atoms with Crippen molar-refractivity contribution in [2.24, 2.45) is 0 Å². The van der Waals surface area contributed by atoms with Crippen LogP contribution in [-0.4, -0.2) is 32.0 Å². The lowest BCUT2D eigenvalue weighted by Gasteiger charge is -2.05. The minimum Gasteiger partial charge on any atom is -0.349 e. The number of nitrogens with zero attached hydrogens (tertiary/aromatic N) is 1. The molecule has 3 N–H and O–H groups in total. The van der Waals surface area contributed by atoms with E-state index in [-0.39, 0.29) is 0 Å². The van der Waals surface area contributed by atoms with Crippen LogP contribution in [0.5, 0.6) is 0 Å². The van der Waals surface area contributed by atoms with Crippen molar-refractivity contribution in [3.63, 3.8) is 0 Å². The van der Waals surface area contributed by atoms with E-state index in [9.17, 15) is 8.42 Å². The van der Waals surface area contributed by atoms with Crippen molar-refractivity contribution in [3.05, 3.63) is 32.9 Å². The van der Waals surface area contributed by atoms with Gasteiger partial charge in [0.25, 0.3) is 0 Å².